The van der Waals surface area contributed by atoms with Crippen LogP contribution in [0.4, 0.5) is 4.39 Å². The van der Waals surface area contributed by atoms with Crippen LogP contribution in [0.2, 0.25) is 0 Å². The molecule has 0 saturated heterocycles. The fourth-order valence-corrected chi connectivity index (χ4v) is 1.90. The number of hydrogen-bond donors (Lipinski definition) is 1. The first-order chi connectivity index (χ1) is 8.61. The van der Waals surface area contributed by atoms with Crippen LogP contribution in [0, 0.1) is 12.7 Å². The van der Waals surface area contributed by atoms with Crippen LogP contribution < -0.4 is 5.32 Å². The van der Waals surface area contributed by atoms with Crippen molar-refractivity contribution < 1.29 is 4.39 Å². The molecule has 18 heavy (non-hydrogen) atoms. The van der Waals surface area contributed by atoms with Gasteiger partial charge in [-0.1, -0.05) is 12.1 Å². The van der Waals surface area contributed by atoms with Crippen LogP contribution in [-0.2, 0) is 13.5 Å². The molecule has 0 amide bonds. The van der Waals surface area contributed by atoms with Gasteiger partial charge in [-0.25, -0.2) is 9.37 Å². The molecule has 2 rings (SSSR count). The molecule has 0 spiro atoms. The summed E-state index contributed by atoms with van der Waals surface area (Å²) in [5, 5.41) is 7.22. The highest BCUT2D eigenvalue weighted by molar-refractivity contribution is 5.26. The van der Waals surface area contributed by atoms with Crippen LogP contribution in [0.1, 0.15) is 23.0 Å². The highest BCUT2D eigenvalue weighted by Gasteiger charge is 2.14. The summed E-state index contributed by atoms with van der Waals surface area (Å²) in [4.78, 5) is 4.19. The summed E-state index contributed by atoms with van der Waals surface area (Å²) in [6, 6.07) is 5.34. The van der Waals surface area contributed by atoms with E-state index in [1.807, 2.05) is 20.2 Å². The number of aromatic nitrogens is 3. The van der Waals surface area contributed by atoms with Crippen LogP contribution in [-0.4, -0.2) is 21.8 Å². The molecule has 0 radical (unpaired) electrons. The zero-order chi connectivity index (χ0) is 13.1. The molecule has 1 atom stereocenters. The standard InChI is InChI=1S/C13H17FN4/c1-9-4-5-10(6-11(9)14)12(15-2)7-13-16-8-17-18(13)3/h4-6,8,12,15H,7H2,1-3H3. The number of likely N-dealkylation sites (N-methyl/N-ethyl adjacent to an activating group) is 1. The van der Waals surface area contributed by atoms with Crippen LogP contribution in [0.25, 0.3) is 0 Å². The average Bonchev–Trinajstić information content (AvgIpc) is 2.75. The third kappa shape index (κ3) is 2.56. The molecule has 4 nitrogen and oxygen atoms in total. The fourth-order valence-electron chi connectivity index (χ4n) is 1.90. The molecule has 2 aromatic rings. The molecule has 0 saturated carbocycles. The van der Waals surface area contributed by atoms with Crippen molar-refractivity contribution in [2.45, 2.75) is 19.4 Å². The molecule has 1 aromatic carbocycles. The largest absolute Gasteiger partial charge is 0.313 e. The number of benzene rings is 1. The molecule has 5 heteroatoms. The molecule has 1 unspecified atom stereocenters. The van der Waals surface area contributed by atoms with Gasteiger partial charge in [-0.05, 0) is 31.2 Å². The van der Waals surface area contributed by atoms with Gasteiger partial charge in [-0.15, -0.1) is 0 Å². The minimum atomic E-state index is -0.175. The Hall–Kier alpha value is -1.75. The summed E-state index contributed by atoms with van der Waals surface area (Å²) in [6.45, 7) is 1.76. The first-order valence-electron chi connectivity index (χ1n) is 5.88. The van der Waals surface area contributed by atoms with E-state index in [4.69, 9.17) is 0 Å². The van der Waals surface area contributed by atoms with Crippen LogP contribution in [0.5, 0.6) is 0 Å². The highest BCUT2D eigenvalue weighted by Crippen LogP contribution is 2.19. The molecule has 96 valence electrons. The quantitative estimate of drug-likeness (QED) is 0.896. The molecule has 0 aliphatic rings. The SMILES string of the molecule is CNC(Cc1ncnn1C)c1ccc(C)c(F)c1. The Morgan fingerprint density at radius 1 is 1.44 bits per heavy atom. The van der Waals surface area contributed by atoms with Gasteiger partial charge in [-0.2, -0.15) is 5.10 Å². The van der Waals surface area contributed by atoms with Gasteiger partial charge in [0.15, 0.2) is 0 Å². The molecule has 0 bridgehead atoms. The van der Waals surface area contributed by atoms with Crippen LogP contribution in [0.15, 0.2) is 24.5 Å². The van der Waals surface area contributed by atoms with Gasteiger partial charge < -0.3 is 5.32 Å². The van der Waals surface area contributed by atoms with Crippen LogP contribution in [0.3, 0.4) is 0 Å². The minimum Gasteiger partial charge on any atom is -0.313 e. The smallest absolute Gasteiger partial charge is 0.138 e. The molecule has 1 aromatic heterocycles. The van der Waals surface area contributed by atoms with E-state index in [9.17, 15) is 4.39 Å². The van der Waals surface area contributed by atoms with Gasteiger partial charge in [-0.3, -0.25) is 4.68 Å². The zero-order valence-electron chi connectivity index (χ0n) is 10.8. The third-order valence-electron chi connectivity index (χ3n) is 3.14. The van der Waals surface area contributed by atoms with Gasteiger partial charge in [0.25, 0.3) is 0 Å². The van der Waals surface area contributed by atoms with Crippen molar-refractivity contribution >= 4 is 0 Å². The number of halogens is 1. The second kappa shape index (κ2) is 5.27. The summed E-state index contributed by atoms with van der Waals surface area (Å²) >= 11 is 0. The summed E-state index contributed by atoms with van der Waals surface area (Å²) in [5.41, 5.74) is 1.58. The van der Waals surface area contributed by atoms with E-state index in [0.29, 0.717) is 12.0 Å². The van der Waals surface area contributed by atoms with Crippen molar-refractivity contribution in [2.75, 3.05) is 7.05 Å². The highest BCUT2D eigenvalue weighted by atomic mass is 19.1. The maximum atomic E-state index is 13.6. The van der Waals surface area contributed by atoms with Gasteiger partial charge in [0.1, 0.15) is 18.0 Å². The first-order valence-corrected chi connectivity index (χ1v) is 5.88. The molecule has 1 heterocycles. The van der Waals surface area contributed by atoms with Crippen molar-refractivity contribution in [3.63, 3.8) is 0 Å². The van der Waals surface area contributed by atoms with Crippen molar-refractivity contribution in [2.24, 2.45) is 7.05 Å². The van der Waals surface area contributed by atoms with E-state index < -0.39 is 0 Å². The Bertz CT molecular complexity index is 536. The first kappa shape index (κ1) is 12.7. The second-order valence-electron chi connectivity index (χ2n) is 4.35. The molecule has 0 aliphatic carbocycles. The number of aryl methyl sites for hydroxylation is 2. The fraction of sp³-hybridized carbons (Fsp3) is 0.385. The molecule has 0 aliphatic heterocycles. The number of nitrogens with zero attached hydrogens (tertiary/aromatic N) is 3. The van der Waals surface area contributed by atoms with Gasteiger partial charge in [0.05, 0.1) is 0 Å². The minimum absolute atomic E-state index is 0.0306. The summed E-state index contributed by atoms with van der Waals surface area (Å²) < 4.78 is 15.3. The lowest BCUT2D eigenvalue weighted by Gasteiger charge is -2.16. The normalized spacial score (nSPS) is 12.7. The molecule has 0 fully saturated rings. The Labute approximate surface area is 106 Å². The van der Waals surface area contributed by atoms with Gasteiger partial charge in [0, 0.05) is 19.5 Å². The van der Waals surface area contributed by atoms with Gasteiger partial charge in [0.2, 0.25) is 0 Å². The monoisotopic (exact) mass is 248 g/mol. The van der Waals surface area contributed by atoms with E-state index in [-0.39, 0.29) is 11.9 Å². The maximum Gasteiger partial charge on any atom is 0.138 e. The van der Waals surface area contributed by atoms with E-state index in [2.05, 4.69) is 15.4 Å². The Kier molecular flexibility index (Phi) is 3.72. The summed E-state index contributed by atoms with van der Waals surface area (Å²) in [7, 11) is 3.71. The lowest BCUT2D eigenvalue weighted by Crippen LogP contribution is -2.20. The van der Waals surface area contributed by atoms with Crippen molar-refractivity contribution in [1.82, 2.24) is 20.1 Å². The van der Waals surface area contributed by atoms with Crippen molar-refractivity contribution in [3.05, 3.63) is 47.3 Å². The number of rotatable bonds is 4. The number of hydrogen-bond acceptors (Lipinski definition) is 3. The maximum absolute atomic E-state index is 13.6. The number of nitrogens with one attached hydrogen (secondary N) is 1. The Morgan fingerprint density at radius 3 is 2.78 bits per heavy atom. The lowest BCUT2D eigenvalue weighted by molar-refractivity contribution is 0.545. The predicted octanol–water partition coefficient (Wildman–Crippen LogP) is 1.77. The Balaban J connectivity index is 2.23. The molecular formula is C13H17FN4. The lowest BCUT2D eigenvalue weighted by atomic mass is 10.0. The Morgan fingerprint density at radius 2 is 2.22 bits per heavy atom. The van der Waals surface area contributed by atoms with Crippen LogP contribution >= 0.6 is 0 Å². The van der Waals surface area contributed by atoms with E-state index in [1.165, 1.54) is 6.33 Å². The van der Waals surface area contributed by atoms with E-state index >= 15 is 0 Å². The predicted molar refractivity (Wildman–Crippen MR) is 67.6 cm³/mol. The third-order valence-corrected chi connectivity index (χ3v) is 3.14. The summed E-state index contributed by atoms with van der Waals surface area (Å²) in [5.74, 6) is 0.695. The summed E-state index contributed by atoms with van der Waals surface area (Å²) in [6.07, 6.45) is 2.20. The molecule has 1 N–H and O–H groups in total. The zero-order valence-corrected chi connectivity index (χ0v) is 10.8. The van der Waals surface area contributed by atoms with Crippen molar-refractivity contribution in [1.29, 1.82) is 0 Å². The van der Waals surface area contributed by atoms with E-state index in [0.717, 1.165) is 11.4 Å². The topological polar surface area (TPSA) is 42.7 Å². The molecular weight excluding hydrogens is 231 g/mol. The second-order valence-corrected chi connectivity index (χ2v) is 4.35. The van der Waals surface area contributed by atoms with E-state index in [1.54, 1.807) is 23.7 Å². The van der Waals surface area contributed by atoms with Gasteiger partial charge >= 0.3 is 0 Å². The van der Waals surface area contributed by atoms with Crippen molar-refractivity contribution in [3.8, 4) is 0 Å². The average molecular weight is 248 g/mol.